The molecule has 2 atom stereocenters. The third kappa shape index (κ3) is 5.48. The summed E-state index contributed by atoms with van der Waals surface area (Å²) in [4.78, 5) is 4.08. The van der Waals surface area contributed by atoms with Crippen molar-refractivity contribution in [2.45, 2.75) is 47.6 Å². The average molecular weight is 569 g/mol. The molecule has 6 nitrogen and oxygen atoms in total. The molecular formula is C36H44N2O4. The zero-order valence-corrected chi connectivity index (χ0v) is 26.5. The summed E-state index contributed by atoms with van der Waals surface area (Å²) in [5.41, 5.74) is 5.87. The van der Waals surface area contributed by atoms with Crippen LogP contribution in [0.1, 0.15) is 52.7 Å². The van der Waals surface area contributed by atoms with Crippen molar-refractivity contribution < 1.29 is 19.7 Å². The van der Waals surface area contributed by atoms with Crippen LogP contribution in [0.2, 0.25) is 0 Å². The van der Waals surface area contributed by atoms with Crippen molar-refractivity contribution in [2.24, 2.45) is 16.7 Å². The molecule has 0 spiro atoms. The van der Waals surface area contributed by atoms with Crippen LogP contribution in [0.25, 0.3) is 11.1 Å². The molecule has 42 heavy (non-hydrogen) atoms. The van der Waals surface area contributed by atoms with Gasteiger partial charge in [0.1, 0.15) is 28.8 Å². The monoisotopic (exact) mass is 568 g/mol. The lowest BCUT2D eigenvalue weighted by molar-refractivity contribution is 0.113. The number of nitrogens with zero attached hydrogens (tertiary/aromatic N) is 2. The molecule has 222 valence electrons. The van der Waals surface area contributed by atoms with Gasteiger partial charge in [-0.25, -0.2) is 0 Å². The molecule has 0 aromatic heterocycles. The number of fused-ring (bicyclic) bond motifs is 2. The molecule has 0 amide bonds. The van der Waals surface area contributed by atoms with Gasteiger partial charge in [-0.1, -0.05) is 47.6 Å². The highest BCUT2D eigenvalue weighted by atomic mass is 16.5. The van der Waals surface area contributed by atoms with Crippen molar-refractivity contribution in [3.05, 3.63) is 94.7 Å². The molecule has 1 aliphatic carbocycles. The first-order valence-corrected chi connectivity index (χ1v) is 14.5. The second-order valence-electron chi connectivity index (χ2n) is 13.9. The summed E-state index contributed by atoms with van der Waals surface area (Å²) in [6.45, 7) is 12.7. The number of benzene rings is 2. The van der Waals surface area contributed by atoms with Crippen LogP contribution >= 0.6 is 0 Å². The average Bonchev–Trinajstić information content (AvgIpc) is 2.92. The summed E-state index contributed by atoms with van der Waals surface area (Å²) >= 11 is 0. The topological polar surface area (TPSA) is 65.4 Å². The smallest absolute Gasteiger partial charge is 0.136 e. The molecule has 2 N–H and O–H groups in total. The highest BCUT2D eigenvalue weighted by Gasteiger charge is 2.39. The number of hydrogen-bond donors (Lipinski definition) is 2. The minimum atomic E-state index is -0.845. The Kier molecular flexibility index (Phi) is 7.34. The van der Waals surface area contributed by atoms with Crippen molar-refractivity contribution in [3.63, 3.8) is 0 Å². The zero-order valence-electron chi connectivity index (χ0n) is 26.5. The minimum absolute atomic E-state index is 0.176. The van der Waals surface area contributed by atoms with Gasteiger partial charge < -0.3 is 29.5 Å². The quantitative estimate of drug-likeness (QED) is 0.393. The van der Waals surface area contributed by atoms with Crippen molar-refractivity contribution in [3.8, 4) is 11.5 Å². The Morgan fingerprint density at radius 1 is 0.714 bits per heavy atom. The van der Waals surface area contributed by atoms with Gasteiger partial charge >= 0.3 is 0 Å². The summed E-state index contributed by atoms with van der Waals surface area (Å²) in [5.74, 6) is 2.87. The van der Waals surface area contributed by atoms with Crippen molar-refractivity contribution in [2.75, 3.05) is 38.0 Å². The SMILES string of the molecule is CN(C)c1ccc2c(c1)OC(C(C)(C)C)=C/C2=C\C1=C(O)C(/C=C2\C=C(C(C)(C)C)Oc3cc(N(C)C)ccc32)C1O. The van der Waals surface area contributed by atoms with Crippen LogP contribution in [-0.2, 0) is 0 Å². The molecule has 5 rings (SSSR count). The fraction of sp³-hybridized carbons (Fsp3) is 0.389. The largest absolute Gasteiger partial charge is 0.511 e. The molecule has 2 aromatic carbocycles. The van der Waals surface area contributed by atoms with E-state index in [9.17, 15) is 10.2 Å². The molecule has 2 unspecified atom stereocenters. The van der Waals surface area contributed by atoms with Gasteiger partial charge in [-0.15, -0.1) is 0 Å². The Hall–Kier alpha value is -3.90. The van der Waals surface area contributed by atoms with Crippen LogP contribution in [0.4, 0.5) is 11.4 Å². The Bertz CT molecular complexity index is 1570. The summed E-state index contributed by atoms with van der Waals surface area (Å²) in [6, 6.07) is 12.2. The van der Waals surface area contributed by atoms with E-state index in [2.05, 4.69) is 47.6 Å². The number of allylic oxidation sites excluding steroid dienone is 6. The van der Waals surface area contributed by atoms with Gasteiger partial charge in [-0.05, 0) is 53.6 Å². The first-order valence-electron chi connectivity index (χ1n) is 14.5. The van der Waals surface area contributed by atoms with Crippen LogP contribution in [-0.4, -0.2) is 44.5 Å². The Morgan fingerprint density at radius 2 is 1.17 bits per heavy atom. The molecule has 2 heterocycles. The van der Waals surface area contributed by atoms with Crippen LogP contribution in [0.15, 0.2) is 83.6 Å². The highest BCUT2D eigenvalue weighted by Crippen LogP contribution is 2.46. The summed E-state index contributed by atoms with van der Waals surface area (Å²) in [5, 5.41) is 22.6. The Morgan fingerprint density at radius 3 is 1.60 bits per heavy atom. The van der Waals surface area contributed by atoms with Crippen molar-refractivity contribution in [1.29, 1.82) is 0 Å². The first-order chi connectivity index (χ1) is 19.5. The molecule has 3 aliphatic rings. The van der Waals surface area contributed by atoms with Crippen LogP contribution < -0.4 is 19.3 Å². The van der Waals surface area contributed by atoms with Gasteiger partial charge in [0.25, 0.3) is 0 Å². The molecule has 0 saturated carbocycles. The van der Waals surface area contributed by atoms with Gasteiger partial charge in [0.05, 0.1) is 12.0 Å². The molecule has 2 aliphatic heterocycles. The van der Waals surface area contributed by atoms with Gasteiger partial charge in [-0.2, -0.15) is 0 Å². The van der Waals surface area contributed by atoms with E-state index >= 15 is 0 Å². The summed E-state index contributed by atoms with van der Waals surface area (Å²) < 4.78 is 12.7. The van der Waals surface area contributed by atoms with Crippen LogP contribution in [0.3, 0.4) is 0 Å². The van der Waals surface area contributed by atoms with Gasteiger partial charge in [-0.3, -0.25) is 0 Å². The maximum absolute atomic E-state index is 11.4. The fourth-order valence-electron chi connectivity index (χ4n) is 5.24. The van der Waals surface area contributed by atoms with Crippen molar-refractivity contribution in [1.82, 2.24) is 0 Å². The van der Waals surface area contributed by atoms with E-state index < -0.39 is 12.0 Å². The normalized spacial score (nSPS) is 22.0. The van der Waals surface area contributed by atoms with Crippen LogP contribution in [0, 0.1) is 16.7 Å². The van der Waals surface area contributed by atoms with E-state index in [4.69, 9.17) is 9.47 Å². The molecule has 0 bridgehead atoms. The predicted octanol–water partition coefficient (Wildman–Crippen LogP) is 7.73. The van der Waals surface area contributed by atoms with E-state index in [-0.39, 0.29) is 16.6 Å². The van der Waals surface area contributed by atoms with Crippen LogP contribution in [0.5, 0.6) is 11.5 Å². The van der Waals surface area contributed by atoms with E-state index in [0.717, 1.165) is 56.7 Å². The highest BCUT2D eigenvalue weighted by molar-refractivity contribution is 5.85. The predicted molar refractivity (Wildman–Crippen MR) is 173 cm³/mol. The maximum atomic E-state index is 11.4. The Balaban J connectivity index is 1.56. The molecule has 0 radical (unpaired) electrons. The minimum Gasteiger partial charge on any atom is -0.511 e. The van der Waals surface area contributed by atoms with Gasteiger partial charge in [0.2, 0.25) is 0 Å². The van der Waals surface area contributed by atoms with Gasteiger partial charge in [0, 0.05) is 79.2 Å². The third-order valence-corrected chi connectivity index (χ3v) is 8.02. The number of aliphatic hydroxyl groups excluding tert-OH is 2. The maximum Gasteiger partial charge on any atom is 0.136 e. The number of ether oxygens (including phenoxy) is 2. The summed E-state index contributed by atoms with van der Waals surface area (Å²) in [7, 11) is 8.01. The molecule has 0 fully saturated rings. The zero-order chi connectivity index (χ0) is 30.7. The third-order valence-electron chi connectivity index (χ3n) is 8.02. The molecule has 2 aromatic rings. The summed E-state index contributed by atoms with van der Waals surface area (Å²) in [6.07, 6.45) is 7.06. The van der Waals surface area contributed by atoms with Gasteiger partial charge in [0.15, 0.2) is 0 Å². The Labute approximate surface area is 250 Å². The number of rotatable bonds is 4. The van der Waals surface area contributed by atoms with E-state index in [1.54, 1.807) is 0 Å². The van der Waals surface area contributed by atoms with E-state index in [1.165, 1.54) is 0 Å². The number of hydrogen-bond acceptors (Lipinski definition) is 6. The second-order valence-corrected chi connectivity index (χ2v) is 13.9. The lowest BCUT2D eigenvalue weighted by Gasteiger charge is -2.35. The standard InChI is InChI=1S/C36H44N2O4/c1-35(2,3)31-17-21(25-13-11-23(37(7)8)19-29(25)41-31)15-27-33(39)28(34(27)40)16-22-18-32(36(4,5)6)42-30-20-24(38(9)10)12-14-26(22)30/h11-20,27,33,39-40H,1-10H3/b21-15+,22-16+. The molecule has 0 saturated heterocycles. The number of anilines is 2. The number of aliphatic hydroxyl groups is 2. The van der Waals surface area contributed by atoms with E-state index in [0.29, 0.717) is 5.57 Å². The fourth-order valence-corrected chi connectivity index (χ4v) is 5.24. The second kappa shape index (κ2) is 10.4. The lowest BCUT2D eigenvalue weighted by atomic mass is 9.77. The van der Waals surface area contributed by atoms with Crippen molar-refractivity contribution >= 4 is 22.5 Å². The first kappa shape index (κ1) is 29.6. The molecule has 6 heteroatoms. The molecular weight excluding hydrogens is 524 g/mol. The lowest BCUT2D eigenvalue weighted by Crippen LogP contribution is -2.34. The van der Waals surface area contributed by atoms with E-state index in [1.807, 2.05) is 92.6 Å².